The average molecular weight is 307 g/mol. The molecule has 0 spiro atoms. The number of ether oxygens (including phenoxy) is 1. The van der Waals surface area contributed by atoms with Crippen molar-refractivity contribution in [1.29, 1.82) is 0 Å². The molecule has 0 aliphatic heterocycles. The molecule has 2 rings (SSSR count). The Morgan fingerprint density at radius 1 is 1.22 bits per heavy atom. The van der Waals surface area contributed by atoms with Crippen LogP contribution in [0.4, 0.5) is 0 Å². The SMILES string of the molecule is CC(=O)Oc1cccc(-c2cccc(Br)c2)c1O. The van der Waals surface area contributed by atoms with Gasteiger partial charge in [0.15, 0.2) is 11.5 Å². The molecule has 4 heteroatoms. The third-order valence-corrected chi connectivity index (χ3v) is 2.88. The van der Waals surface area contributed by atoms with Crippen LogP contribution in [0.5, 0.6) is 11.5 Å². The van der Waals surface area contributed by atoms with E-state index in [0.29, 0.717) is 5.56 Å². The van der Waals surface area contributed by atoms with E-state index in [4.69, 9.17) is 4.74 Å². The molecule has 0 bridgehead atoms. The van der Waals surface area contributed by atoms with Crippen molar-refractivity contribution in [2.75, 3.05) is 0 Å². The molecule has 0 fully saturated rings. The first-order valence-corrected chi connectivity index (χ1v) is 6.13. The van der Waals surface area contributed by atoms with Gasteiger partial charge in [-0.1, -0.05) is 40.2 Å². The van der Waals surface area contributed by atoms with Gasteiger partial charge in [-0.2, -0.15) is 0 Å². The van der Waals surface area contributed by atoms with Crippen LogP contribution >= 0.6 is 15.9 Å². The first-order valence-electron chi connectivity index (χ1n) is 5.34. The highest BCUT2D eigenvalue weighted by atomic mass is 79.9. The van der Waals surface area contributed by atoms with Gasteiger partial charge in [0.25, 0.3) is 0 Å². The molecule has 2 aromatic rings. The van der Waals surface area contributed by atoms with Gasteiger partial charge in [-0.05, 0) is 23.8 Å². The second-order valence-electron chi connectivity index (χ2n) is 3.76. The molecule has 0 radical (unpaired) electrons. The number of para-hydroxylation sites is 1. The first-order chi connectivity index (χ1) is 8.58. The predicted octanol–water partition coefficient (Wildman–Crippen LogP) is 3.75. The number of esters is 1. The maximum atomic E-state index is 10.9. The summed E-state index contributed by atoms with van der Waals surface area (Å²) >= 11 is 3.38. The maximum Gasteiger partial charge on any atom is 0.308 e. The average Bonchev–Trinajstić information content (AvgIpc) is 2.31. The lowest BCUT2D eigenvalue weighted by Gasteiger charge is -2.09. The third-order valence-electron chi connectivity index (χ3n) is 2.39. The van der Waals surface area contributed by atoms with Crippen LogP contribution in [0.15, 0.2) is 46.9 Å². The maximum absolute atomic E-state index is 10.9. The highest BCUT2D eigenvalue weighted by Crippen LogP contribution is 2.37. The van der Waals surface area contributed by atoms with Crippen LogP contribution in [0.3, 0.4) is 0 Å². The van der Waals surface area contributed by atoms with Crippen molar-refractivity contribution >= 4 is 21.9 Å². The van der Waals surface area contributed by atoms with Crippen molar-refractivity contribution < 1.29 is 14.6 Å². The molecule has 18 heavy (non-hydrogen) atoms. The summed E-state index contributed by atoms with van der Waals surface area (Å²) in [5.41, 5.74) is 1.46. The summed E-state index contributed by atoms with van der Waals surface area (Å²) < 4.78 is 5.85. The molecule has 0 atom stereocenters. The molecular weight excluding hydrogens is 296 g/mol. The first kappa shape index (κ1) is 12.6. The molecule has 0 aliphatic carbocycles. The van der Waals surface area contributed by atoms with Crippen molar-refractivity contribution in [3.63, 3.8) is 0 Å². The summed E-state index contributed by atoms with van der Waals surface area (Å²) in [7, 11) is 0. The van der Waals surface area contributed by atoms with Crippen molar-refractivity contribution in [3.05, 3.63) is 46.9 Å². The Morgan fingerprint density at radius 2 is 1.94 bits per heavy atom. The summed E-state index contributed by atoms with van der Waals surface area (Å²) in [6.45, 7) is 1.30. The fraction of sp³-hybridized carbons (Fsp3) is 0.0714. The molecule has 0 heterocycles. The fourth-order valence-corrected chi connectivity index (χ4v) is 2.05. The lowest BCUT2D eigenvalue weighted by molar-refractivity contribution is -0.132. The number of hydrogen-bond donors (Lipinski definition) is 1. The summed E-state index contributed by atoms with van der Waals surface area (Å²) in [5.74, 6) is -0.331. The number of carbonyl (C=O) groups excluding carboxylic acids is 1. The standard InChI is InChI=1S/C14H11BrO3/c1-9(16)18-13-7-3-6-12(14(13)17)10-4-2-5-11(15)8-10/h2-8,17H,1H3. The van der Waals surface area contributed by atoms with Gasteiger partial charge in [0.2, 0.25) is 0 Å². The molecule has 0 saturated carbocycles. The van der Waals surface area contributed by atoms with Gasteiger partial charge in [0, 0.05) is 17.0 Å². The number of aromatic hydroxyl groups is 1. The van der Waals surface area contributed by atoms with Crippen LogP contribution in [-0.4, -0.2) is 11.1 Å². The summed E-state index contributed by atoms with van der Waals surface area (Å²) in [6.07, 6.45) is 0. The Morgan fingerprint density at radius 3 is 2.61 bits per heavy atom. The number of rotatable bonds is 2. The molecule has 0 aromatic heterocycles. The molecule has 2 aromatic carbocycles. The highest BCUT2D eigenvalue weighted by molar-refractivity contribution is 9.10. The molecule has 1 N–H and O–H groups in total. The van der Waals surface area contributed by atoms with Crippen LogP contribution in [0.25, 0.3) is 11.1 Å². The molecule has 3 nitrogen and oxygen atoms in total. The molecule has 0 amide bonds. The Kier molecular flexibility index (Phi) is 3.67. The van der Waals surface area contributed by atoms with Gasteiger partial charge < -0.3 is 9.84 Å². The van der Waals surface area contributed by atoms with Crippen molar-refractivity contribution in [1.82, 2.24) is 0 Å². The van der Waals surface area contributed by atoms with Crippen LogP contribution < -0.4 is 4.74 Å². The quantitative estimate of drug-likeness (QED) is 0.679. The Balaban J connectivity index is 2.49. The number of halogens is 1. The van der Waals surface area contributed by atoms with E-state index in [9.17, 15) is 9.90 Å². The Labute approximate surface area is 113 Å². The fourth-order valence-electron chi connectivity index (χ4n) is 1.65. The number of carbonyl (C=O) groups is 1. The minimum absolute atomic E-state index is 0.0363. The zero-order valence-corrected chi connectivity index (χ0v) is 11.3. The zero-order chi connectivity index (χ0) is 13.1. The van der Waals surface area contributed by atoms with E-state index in [0.717, 1.165) is 10.0 Å². The van der Waals surface area contributed by atoms with E-state index in [-0.39, 0.29) is 11.5 Å². The second-order valence-corrected chi connectivity index (χ2v) is 4.67. The van der Waals surface area contributed by atoms with E-state index in [1.165, 1.54) is 6.92 Å². The monoisotopic (exact) mass is 306 g/mol. The lowest BCUT2D eigenvalue weighted by atomic mass is 10.0. The van der Waals surface area contributed by atoms with Gasteiger partial charge in [-0.3, -0.25) is 4.79 Å². The highest BCUT2D eigenvalue weighted by Gasteiger charge is 2.11. The zero-order valence-electron chi connectivity index (χ0n) is 9.68. The lowest BCUT2D eigenvalue weighted by Crippen LogP contribution is -2.01. The van der Waals surface area contributed by atoms with E-state index in [2.05, 4.69) is 15.9 Å². The number of phenolic OH excluding ortho intramolecular Hbond substituents is 1. The third kappa shape index (κ3) is 2.71. The van der Waals surface area contributed by atoms with E-state index < -0.39 is 5.97 Å². The van der Waals surface area contributed by atoms with E-state index >= 15 is 0 Å². The molecule has 0 aliphatic rings. The molecule has 0 saturated heterocycles. The smallest absolute Gasteiger partial charge is 0.308 e. The Bertz CT molecular complexity index is 593. The van der Waals surface area contributed by atoms with E-state index in [1.54, 1.807) is 18.2 Å². The molecule has 92 valence electrons. The second kappa shape index (κ2) is 5.23. The predicted molar refractivity (Wildman–Crippen MR) is 72.6 cm³/mol. The van der Waals surface area contributed by atoms with Crippen molar-refractivity contribution in [2.45, 2.75) is 6.92 Å². The topological polar surface area (TPSA) is 46.5 Å². The summed E-state index contributed by atoms with van der Waals surface area (Å²) in [4.78, 5) is 10.9. The number of hydrogen-bond acceptors (Lipinski definition) is 3. The van der Waals surface area contributed by atoms with Crippen molar-refractivity contribution in [3.8, 4) is 22.6 Å². The normalized spacial score (nSPS) is 10.1. The van der Waals surface area contributed by atoms with Crippen LogP contribution in [0.1, 0.15) is 6.92 Å². The van der Waals surface area contributed by atoms with Crippen LogP contribution in [0, 0.1) is 0 Å². The van der Waals surface area contributed by atoms with Gasteiger partial charge >= 0.3 is 5.97 Å². The summed E-state index contributed by atoms with van der Waals surface area (Å²) in [6, 6.07) is 12.6. The summed E-state index contributed by atoms with van der Waals surface area (Å²) in [5, 5.41) is 10.1. The van der Waals surface area contributed by atoms with Gasteiger partial charge in [-0.15, -0.1) is 0 Å². The van der Waals surface area contributed by atoms with Gasteiger partial charge in [0.05, 0.1) is 0 Å². The van der Waals surface area contributed by atoms with Crippen molar-refractivity contribution in [2.24, 2.45) is 0 Å². The van der Waals surface area contributed by atoms with Crippen LogP contribution in [-0.2, 0) is 4.79 Å². The van der Waals surface area contributed by atoms with Gasteiger partial charge in [-0.25, -0.2) is 0 Å². The molecule has 0 unspecified atom stereocenters. The van der Waals surface area contributed by atoms with Gasteiger partial charge in [0.1, 0.15) is 0 Å². The number of phenols is 1. The van der Waals surface area contributed by atoms with E-state index in [1.807, 2.05) is 24.3 Å². The minimum atomic E-state index is -0.461. The largest absolute Gasteiger partial charge is 0.504 e. The van der Waals surface area contributed by atoms with Crippen LogP contribution in [0.2, 0.25) is 0 Å². The Hall–Kier alpha value is -1.81. The minimum Gasteiger partial charge on any atom is -0.504 e. The molecular formula is C14H11BrO3. The number of benzene rings is 2.